The van der Waals surface area contributed by atoms with Crippen molar-refractivity contribution in [3.63, 3.8) is 0 Å². The number of nitrogens with zero attached hydrogens (tertiary/aromatic N) is 5. The van der Waals surface area contributed by atoms with Gasteiger partial charge in [0, 0.05) is 30.5 Å². The van der Waals surface area contributed by atoms with Crippen LogP contribution in [0.1, 0.15) is 31.7 Å². The fourth-order valence-corrected chi connectivity index (χ4v) is 6.75. The number of aliphatic hydroxyl groups excluding tert-OH is 1. The lowest BCUT2D eigenvalue weighted by Gasteiger charge is -2.49. The van der Waals surface area contributed by atoms with Gasteiger partial charge < -0.3 is 29.5 Å². The third-order valence-electron chi connectivity index (χ3n) is 8.04. The number of non-ortho nitro benzene ring substituents is 1. The van der Waals surface area contributed by atoms with Gasteiger partial charge in [0.2, 0.25) is 0 Å². The molecular formula is C26H30N6O8S. The summed E-state index contributed by atoms with van der Waals surface area (Å²) in [5, 5.41) is 37.9. The number of thiocarbonyl (C=S) groups is 1. The van der Waals surface area contributed by atoms with Gasteiger partial charge in [-0.25, -0.2) is 14.6 Å². The third kappa shape index (κ3) is 5.39. The lowest BCUT2D eigenvalue weighted by molar-refractivity contribution is -0.384. The molecule has 3 aliphatic rings. The molecule has 0 spiro atoms. The van der Waals surface area contributed by atoms with Gasteiger partial charge in [-0.15, -0.1) is 0 Å². The average molecular weight is 587 g/mol. The van der Waals surface area contributed by atoms with Crippen LogP contribution < -0.4 is 0 Å². The Morgan fingerprint density at radius 1 is 1.29 bits per heavy atom. The van der Waals surface area contributed by atoms with Gasteiger partial charge in [0.05, 0.1) is 40.6 Å². The zero-order valence-electron chi connectivity index (χ0n) is 22.4. The number of aliphatic hydroxyl groups is 1. The first-order valence-corrected chi connectivity index (χ1v) is 13.6. The number of likely N-dealkylation sites (tertiary alicyclic amines) is 1. The number of ether oxygens (including phenoxy) is 2. The number of H-pyrrole nitrogens is 1. The van der Waals surface area contributed by atoms with Gasteiger partial charge in [-0.1, -0.05) is 19.1 Å². The second-order valence-electron chi connectivity index (χ2n) is 10.5. The Bertz CT molecular complexity index is 1360. The summed E-state index contributed by atoms with van der Waals surface area (Å²) in [6.07, 6.45) is 0.476. The number of carbonyl (C=O) groups excluding carboxylic acids is 1. The van der Waals surface area contributed by atoms with Crippen LogP contribution in [0.25, 0.3) is 0 Å². The maximum atomic E-state index is 13.3. The minimum absolute atomic E-state index is 0.0679. The van der Waals surface area contributed by atoms with Crippen molar-refractivity contribution in [2.75, 3.05) is 13.2 Å². The number of amides is 1. The van der Waals surface area contributed by atoms with Crippen LogP contribution >= 0.6 is 12.2 Å². The van der Waals surface area contributed by atoms with Gasteiger partial charge in [-0.2, -0.15) is 5.10 Å². The molecule has 0 radical (unpaired) electrons. The zero-order chi connectivity index (χ0) is 29.4. The molecule has 0 unspecified atom stereocenters. The SMILES string of the molecule is C[C@@H]1C([C@@H]2C[C@@H](COCc3ncn[nH]3)N(C(=O)OCc3ccc([N+](=O)[O-])cc3)C2)=C(C(=O)O)N2C(=S)[C@H]([C@@H](C)O)[C@H]12. The molecule has 218 valence electrons. The molecular weight excluding hydrogens is 556 g/mol. The number of fused-ring (bicyclic) bond motifs is 1. The minimum atomic E-state index is -1.10. The molecule has 15 heteroatoms. The number of aromatic amines is 1. The van der Waals surface area contributed by atoms with Crippen LogP contribution in [-0.2, 0) is 27.5 Å². The van der Waals surface area contributed by atoms with Gasteiger partial charge in [0.1, 0.15) is 31.1 Å². The highest BCUT2D eigenvalue weighted by Crippen LogP contribution is 2.51. The first kappa shape index (κ1) is 28.6. The predicted molar refractivity (Wildman–Crippen MR) is 145 cm³/mol. The summed E-state index contributed by atoms with van der Waals surface area (Å²) < 4.78 is 11.4. The highest BCUT2D eigenvalue weighted by atomic mass is 32.1. The summed E-state index contributed by atoms with van der Waals surface area (Å²) in [6, 6.07) is 5.04. The molecule has 0 bridgehead atoms. The molecule has 1 aromatic heterocycles. The largest absolute Gasteiger partial charge is 0.477 e. The van der Waals surface area contributed by atoms with Crippen LogP contribution in [0.4, 0.5) is 10.5 Å². The van der Waals surface area contributed by atoms with Crippen molar-refractivity contribution in [1.29, 1.82) is 0 Å². The van der Waals surface area contributed by atoms with Gasteiger partial charge in [-0.05, 0) is 36.6 Å². The zero-order valence-corrected chi connectivity index (χ0v) is 23.2. The van der Waals surface area contributed by atoms with E-state index in [0.29, 0.717) is 28.4 Å². The van der Waals surface area contributed by atoms with Crippen LogP contribution in [-0.4, -0.2) is 88.5 Å². The maximum absolute atomic E-state index is 13.3. The number of rotatable bonds is 10. The van der Waals surface area contributed by atoms with Crippen LogP contribution in [0.5, 0.6) is 0 Å². The Morgan fingerprint density at radius 2 is 2.02 bits per heavy atom. The van der Waals surface area contributed by atoms with E-state index in [1.165, 1.54) is 35.5 Å². The van der Waals surface area contributed by atoms with Crippen molar-refractivity contribution in [1.82, 2.24) is 25.0 Å². The number of carbonyl (C=O) groups is 2. The van der Waals surface area contributed by atoms with E-state index in [1.54, 1.807) is 11.8 Å². The Labute approximate surface area is 240 Å². The number of nitro benzene ring substituents is 1. The number of aliphatic carboxylic acids is 1. The molecule has 1 aromatic carbocycles. The summed E-state index contributed by atoms with van der Waals surface area (Å²) in [5.41, 5.74) is 1.33. The van der Waals surface area contributed by atoms with E-state index < -0.39 is 29.1 Å². The molecule has 14 nitrogen and oxygen atoms in total. The number of carboxylic acids is 1. The smallest absolute Gasteiger partial charge is 0.410 e. The van der Waals surface area contributed by atoms with Crippen molar-refractivity contribution in [3.8, 4) is 0 Å². The Morgan fingerprint density at radius 3 is 2.63 bits per heavy atom. The van der Waals surface area contributed by atoms with Crippen LogP contribution in [0.15, 0.2) is 41.9 Å². The number of hydrogen-bond donors (Lipinski definition) is 3. The predicted octanol–water partition coefficient (Wildman–Crippen LogP) is 2.25. The van der Waals surface area contributed by atoms with E-state index in [-0.39, 0.29) is 61.5 Å². The Kier molecular flexibility index (Phi) is 8.02. The maximum Gasteiger partial charge on any atom is 0.410 e. The van der Waals surface area contributed by atoms with Crippen molar-refractivity contribution >= 4 is 35.0 Å². The minimum Gasteiger partial charge on any atom is -0.477 e. The lowest BCUT2D eigenvalue weighted by atomic mass is 9.76. The van der Waals surface area contributed by atoms with E-state index in [9.17, 15) is 29.9 Å². The second kappa shape index (κ2) is 11.5. The van der Waals surface area contributed by atoms with Crippen LogP contribution in [0.3, 0.4) is 0 Å². The number of benzene rings is 1. The molecule has 0 saturated carbocycles. The lowest BCUT2D eigenvalue weighted by Crippen LogP contribution is -2.62. The van der Waals surface area contributed by atoms with Crippen molar-refractivity contribution in [3.05, 3.63) is 63.4 Å². The van der Waals surface area contributed by atoms with Crippen molar-refractivity contribution in [2.45, 2.75) is 51.7 Å². The molecule has 2 aromatic rings. The quantitative estimate of drug-likeness (QED) is 0.210. The van der Waals surface area contributed by atoms with Gasteiger partial charge in [0.15, 0.2) is 0 Å². The molecule has 2 fully saturated rings. The second-order valence-corrected chi connectivity index (χ2v) is 10.9. The molecule has 3 N–H and O–H groups in total. The Balaban J connectivity index is 1.34. The van der Waals surface area contributed by atoms with E-state index in [1.807, 2.05) is 6.92 Å². The van der Waals surface area contributed by atoms with Gasteiger partial charge in [-0.3, -0.25) is 15.2 Å². The highest BCUT2D eigenvalue weighted by Gasteiger charge is 2.59. The molecule has 5 rings (SSSR count). The molecule has 3 aliphatic heterocycles. The van der Waals surface area contributed by atoms with E-state index in [0.717, 1.165) is 0 Å². The van der Waals surface area contributed by atoms with E-state index >= 15 is 0 Å². The van der Waals surface area contributed by atoms with Gasteiger partial charge in [0.25, 0.3) is 5.69 Å². The summed E-state index contributed by atoms with van der Waals surface area (Å²) >= 11 is 5.50. The van der Waals surface area contributed by atoms with Gasteiger partial charge >= 0.3 is 12.1 Å². The third-order valence-corrected chi connectivity index (χ3v) is 8.51. The molecule has 0 aliphatic carbocycles. The monoisotopic (exact) mass is 586 g/mol. The number of carboxylic acid groups (broad SMARTS) is 1. The Hall–Kier alpha value is -3.95. The first-order chi connectivity index (χ1) is 19.6. The fourth-order valence-electron chi connectivity index (χ4n) is 6.21. The van der Waals surface area contributed by atoms with Crippen molar-refractivity contribution in [2.24, 2.45) is 17.8 Å². The molecule has 1 amide bonds. The number of hydrogen-bond acceptors (Lipinski definition) is 10. The summed E-state index contributed by atoms with van der Waals surface area (Å²) in [4.78, 5) is 43.8. The molecule has 41 heavy (non-hydrogen) atoms. The number of nitrogens with one attached hydrogen (secondary N) is 1. The van der Waals surface area contributed by atoms with Crippen molar-refractivity contribution < 1.29 is 34.2 Å². The van der Waals surface area contributed by atoms with Crippen LogP contribution in [0, 0.1) is 27.9 Å². The van der Waals surface area contributed by atoms with Crippen LogP contribution in [0.2, 0.25) is 0 Å². The molecule has 6 atom stereocenters. The first-order valence-electron chi connectivity index (χ1n) is 13.2. The molecule has 4 heterocycles. The topological polar surface area (TPSA) is 184 Å². The summed E-state index contributed by atoms with van der Waals surface area (Å²) in [6.45, 7) is 3.99. The fraction of sp³-hybridized carbons (Fsp3) is 0.500. The standard InChI is InChI=1S/C26H30N6O8S/c1-13-20(23(25(34)35)31-22(13)21(14(2)33)24(31)41)16-7-18(10-39-11-19-27-12-28-29-19)30(8-16)26(36)40-9-15-3-5-17(6-4-15)32(37)38/h3-6,12-14,16,18,21-22,33H,7-11H2,1-2H3,(H,34,35)(H,27,28,29)/t13-,14-,16-,18+,21-,22+/m1/s1. The number of aromatic nitrogens is 3. The number of nitro groups is 1. The summed E-state index contributed by atoms with van der Waals surface area (Å²) in [7, 11) is 0. The highest BCUT2D eigenvalue weighted by molar-refractivity contribution is 7.80. The molecule has 2 saturated heterocycles. The normalized spacial score (nSPS) is 26.1. The van der Waals surface area contributed by atoms with E-state index in [2.05, 4.69) is 15.2 Å². The average Bonchev–Trinajstić information content (AvgIpc) is 3.65. The summed E-state index contributed by atoms with van der Waals surface area (Å²) in [5.74, 6) is -1.40. The van der Waals surface area contributed by atoms with E-state index in [4.69, 9.17) is 21.7 Å².